The Morgan fingerprint density at radius 1 is 0.909 bits per heavy atom. The summed E-state index contributed by atoms with van der Waals surface area (Å²) in [5.41, 5.74) is 2.73. The molecule has 0 aliphatic rings. The standard InChI is InChI=1S/C17H12N4O/c1-2-4-12(5-3-1)16-10-19-17(22-16)21-14-7-6-13-9-18-11-20-15(13)8-14/h1-11H,(H,19,21). The van der Waals surface area contributed by atoms with E-state index in [2.05, 4.69) is 20.3 Å². The van der Waals surface area contributed by atoms with Crippen molar-refractivity contribution in [3.8, 4) is 11.3 Å². The van der Waals surface area contributed by atoms with Crippen molar-refractivity contribution in [1.29, 1.82) is 0 Å². The van der Waals surface area contributed by atoms with Crippen LogP contribution in [0.1, 0.15) is 0 Å². The van der Waals surface area contributed by atoms with Gasteiger partial charge in [0.2, 0.25) is 0 Å². The second-order valence-corrected chi connectivity index (χ2v) is 4.82. The molecule has 2 aromatic carbocycles. The average molecular weight is 288 g/mol. The molecule has 106 valence electrons. The molecular formula is C17H12N4O. The number of oxazole rings is 1. The van der Waals surface area contributed by atoms with Gasteiger partial charge in [0.05, 0.1) is 11.7 Å². The highest BCUT2D eigenvalue weighted by atomic mass is 16.4. The molecule has 0 bridgehead atoms. The molecule has 4 aromatic rings. The van der Waals surface area contributed by atoms with E-state index in [1.165, 1.54) is 6.33 Å². The summed E-state index contributed by atoms with van der Waals surface area (Å²) >= 11 is 0. The van der Waals surface area contributed by atoms with Gasteiger partial charge in [0.1, 0.15) is 6.33 Å². The number of nitrogens with zero attached hydrogens (tertiary/aromatic N) is 3. The van der Waals surface area contributed by atoms with Crippen molar-refractivity contribution in [2.45, 2.75) is 0 Å². The number of rotatable bonds is 3. The lowest BCUT2D eigenvalue weighted by molar-refractivity contribution is 0.592. The van der Waals surface area contributed by atoms with Crippen molar-refractivity contribution >= 4 is 22.6 Å². The number of hydrogen-bond donors (Lipinski definition) is 1. The van der Waals surface area contributed by atoms with Crippen LogP contribution in [0.4, 0.5) is 11.7 Å². The second-order valence-electron chi connectivity index (χ2n) is 4.82. The zero-order valence-corrected chi connectivity index (χ0v) is 11.6. The van der Waals surface area contributed by atoms with Gasteiger partial charge in [0, 0.05) is 22.8 Å². The zero-order valence-electron chi connectivity index (χ0n) is 11.6. The van der Waals surface area contributed by atoms with Crippen LogP contribution < -0.4 is 5.32 Å². The fourth-order valence-corrected chi connectivity index (χ4v) is 2.24. The fraction of sp³-hybridized carbons (Fsp3) is 0. The number of anilines is 2. The molecule has 5 nitrogen and oxygen atoms in total. The molecule has 1 N–H and O–H groups in total. The van der Waals surface area contributed by atoms with Crippen LogP contribution in [-0.2, 0) is 0 Å². The van der Waals surface area contributed by atoms with Crippen molar-refractivity contribution in [2.75, 3.05) is 5.32 Å². The SMILES string of the molecule is c1ccc(-c2cnc(Nc3ccc4cncnc4c3)o2)cc1. The van der Waals surface area contributed by atoms with Crippen LogP contribution in [-0.4, -0.2) is 15.0 Å². The third-order valence-corrected chi connectivity index (χ3v) is 3.32. The first-order valence-corrected chi connectivity index (χ1v) is 6.86. The molecule has 0 fully saturated rings. The quantitative estimate of drug-likeness (QED) is 0.616. The van der Waals surface area contributed by atoms with E-state index in [0.29, 0.717) is 6.01 Å². The highest BCUT2D eigenvalue weighted by Gasteiger charge is 2.06. The molecule has 2 heterocycles. The maximum atomic E-state index is 5.73. The normalized spacial score (nSPS) is 10.7. The predicted molar refractivity (Wildman–Crippen MR) is 84.8 cm³/mol. The largest absolute Gasteiger partial charge is 0.423 e. The highest BCUT2D eigenvalue weighted by Crippen LogP contribution is 2.25. The Labute approximate surface area is 126 Å². The second kappa shape index (κ2) is 5.29. The maximum absolute atomic E-state index is 5.73. The summed E-state index contributed by atoms with van der Waals surface area (Å²) in [6.45, 7) is 0. The first-order chi connectivity index (χ1) is 10.9. The zero-order chi connectivity index (χ0) is 14.8. The first-order valence-electron chi connectivity index (χ1n) is 6.86. The number of nitrogens with one attached hydrogen (secondary N) is 1. The Kier molecular flexibility index (Phi) is 3.01. The summed E-state index contributed by atoms with van der Waals surface area (Å²) in [4.78, 5) is 12.5. The summed E-state index contributed by atoms with van der Waals surface area (Å²) in [5.74, 6) is 0.728. The molecule has 0 amide bonds. The lowest BCUT2D eigenvalue weighted by atomic mass is 10.2. The van der Waals surface area contributed by atoms with E-state index in [1.807, 2.05) is 48.5 Å². The minimum Gasteiger partial charge on any atom is -0.423 e. The van der Waals surface area contributed by atoms with Crippen LogP contribution in [0.2, 0.25) is 0 Å². The van der Waals surface area contributed by atoms with Gasteiger partial charge in [-0.25, -0.2) is 15.0 Å². The van der Waals surface area contributed by atoms with E-state index in [4.69, 9.17) is 4.42 Å². The molecule has 22 heavy (non-hydrogen) atoms. The van der Waals surface area contributed by atoms with Crippen molar-refractivity contribution in [1.82, 2.24) is 15.0 Å². The van der Waals surface area contributed by atoms with Crippen molar-refractivity contribution < 1.29 is 4.42 Å². The molecule has 0 aliphatic heterocycles. The average Bonchev–Trinajstić information content (AvgIpc) is 3.04. The Morgan fingerprint density at radius 2 is 1.82 bits per heavy atom. The van der Waals surface area contributed by atoms with Gasteiger partial charge in [-0.15, -0.1) is 0 Å². The molecule has 0 saturated heterocycles. The topological polar surface area (TPSA) is 63.8 Å². The molecule has 0 saturated carbocycles. The summed E-state index contributed by atoms with van der Waals surface area (Å²) in [6.07, 6.45) is 5.02. The first kappa shape index (κ1) is 12.5. The van der Waals surface area contributed by atoms with E-state index in [0.717, 1.165) is 27.9 Å². The number of aromatic nitrogens is 3. The monoisotopic (exact) mass is 288 g/mol. The highest BCUT2D eigenvalue weighted by molar-refractivity contribution is 5.81. The van der Waals surface area contributed by atoms with Gasteiger partial charge < -0.3 is 9.73 Å². The van der Waals surface area contributed by atoms with Crippen LogP contribution in [0.15, 0.2) is 71.7 Å². The molecule has 4 rings (SSSR count). The van der Waals surface area contributed by atoms with Crippen LogP contribution in [0.3, 0.4) is 0 Å². The van der Waals surface area contributed by atoms with Gasteiger partial charge in [-0.2, -0.15) is 0 Å². The third kappa shape index (κ3) is 2.40. The van der Waals surface area contributed by atoms with E-state index >= 15 is 0 Å². The Hall–Kier alpha value is -3.21. The van der Waals surface area contributed by atoms with E-state index in [9.17, 15) is 0 Å². The summed E-state index contributed by atoms with van der Waals surface area (Å²) < 4.78 is 5.73. The summed E-state index contributed by atoms with van der Waals surface area (Å²) in [5, 5.41) is 4.14. The van der Waals surface area contributed by atoms with Gasteiger partial charge in [-0.1, -0.05) is 30.3 Å². The lowest BCUT2D eigenvalue weighted by Crippen LogP contribution is -1.90. The van der Waals surface area contributed by atoms with Gasteiger partial charge >= 0.3 is 0 Å². The van der Waals surface area contributed by atoms with E-state index < -0.39 is 0 Å². The van der Waals surface area contributed by atoms with E-state index in [-0.39, 0.29) is 0 Å². The van der Waals surface area contributed by atoms with Crippen LogP contribution in [0, 0.1) is 0 Å². The molecule has 0 spiro atoms. The Balaban J connectivity index is 1.61. The van der Waals surface area contributed by atoms with Crippen LogP contribution in [0.5, 0.6) is 0 Å². The number of hydrogen-bond acceptors (Lipinski definition) is 5. The van der Waals surface area contributed by atoms with Gasteiger partial charge in [0.25, 0.3) is 6.01 Å². The fourth-order valence-electron chi connectivity index (χ4n) is 2.24. The molecule has 0 aliphatic carbocycles. The number of fused-ring (bicyclic) bond motifs is 1. The predicted octanol–water partition coefficient (Wildman–Crippen LogP) is 4.03. The summed E-state index contributed by atoms with van der Waals surface area (Å²) in [6, 6.07) is 16.2. The lowest BCUT2D eigenvalue weighted by Gasteiger charge is -2.03. The van der Waals surface area contributed by atoms with Gasteiger partial charge in [-0.3, -0.25) is 0 Å². The maximum Gasteiger partial charge on any atom is 0.299 e. The minimum absolute atomic E-state index is 0.451. The van der Waals surface area contributed by atoms with Crippen LogP contribution >= 0.6 is 0 Å². The summed E-state index contributed by atoms with van der Waals surface area (Å²) in [7, 11) is 0. The smallest absolute Gasteiger partial charge is 0.299 e. The molecule has 0 radical (unpaired) electrons. The van der Waals surface area contributed by atoms with E-state index in [1.54, 1.807) is 12.4 Å². The van der Waals surface area contributed by atoms with Gasteiger partial charge in [0.15, 0.2) is 5.76 Å². The van der Waals surface area contributed by atoms with Crippen LogP contribution in [0.25, 0.3) is 22.2 Å². The number of benzene rings is 2. The van der Waals surface area contributed by atoms with Gasteiger partial charge in [-0.05, 0) is 18.2 Å². The van der Waals surface area contributed by atoms with Crippen molar-refractivity contribution in [2.24, 2.45) is 0 Å². The van der Waals surface area contributed by atoms with Crippen molar-refractivity contribution in [3.05, 3.63) is 67.3 Å². The molecule has 0 atom stereocenters. The Bertz CT molecular complexity index is 918. The molecule has 0 unspecified atom stereocenters. The Morgan fingerprint density at radius 3 is 2.73 bits per heavy atom. The minimum atomic E-state index is 0.451. The van der Waals surface area contributed by atoms with Crippen molar-refractivity contribution in [3.63, 3.8) is 0 Å². The molecular weight excluding hydrogens is 276 g/mol. The molecule has 5 heteroatoms. The molecule has 2 aromatic heterocycles. The third-order valence-electron chi connectivity index (χ3n) is 3.32.